The highest BCUT2D eigenvalue weighted by Gasteiger charge is 2.25. The number of nitrogens with zero attached hydrogens (tertiary/aromatic N) is 4. The van der Waals surface area contributed by atoms with Crippen LogP contribution in [0.1, 0.15) is 12.8 Å². The molecule has 0 aliphatic carbocycles. The lowest BCUT2D eigenvalue weighted by molar-refractivity contribution is 0.0937. The second kappa shape index (κ2) is 8.33. The average Bonchev–Trinajstić information content (AvgIpc) is 3.34. The molecular weight excluding hydrogens is 433 g/mol. The minimum atomic E-state index is -0.952. The van der Waals surface area contributed by atoms with Crippen molar-refractivity contribution in [1.82, 2.24) is 19.1 Å². The monoisotopic (exact) mass is 453 g/mol. The van der Waals surface area contributed by atoms with Crippen LogP contribution >= 0.6 is 23.2 Å². The van der Waals surface area contributed by atoms with Crippen molar-refractivity contribution >= 4 is 40.3 Å². The second-order valence-corrected chi connectivity index (χ2v) is 8.09. The Kier molecular flexibility index (Phi) is 5.77. The van der Waals surface area contributed by atoms with E-state index in [1.54, 1.807) is 29.8 Å². The third-order valence-electron chi connectivity index (χ3n) is 5.09. The molecule has 1 saturated heterocycles. The molecule has 30 heavy (non-hydrogen) atoms. The molecule has 11 heteroatoms. The first-order valence-corrected chi connectivity index (χ1v) is 10.3. The Balaban J connectivity index is 1.65. The van der Waals surface area contributed by atoms with Gasteiger partial charge in [-0.25, -0.2) is 4.79 Å². The van der Waals surface area contributed by atoms with E-state index in [1.807, 2.05) is 4.90 Å². The lowest BCUT2D eigenvalue weighted by Gasteiger charge is -2.20. The van der Waals surface area contributed by atoms with Gasteiger partial charge in [-0.3, -0.25) is 14.3 Å². The van der Waals surface area contributed by atoms with Crippen LogP contribution in [-0.2, 0) is 13.6 Å². The normalized spacial score (nSPS) is 15.1. The van der Waals surface area contributed by atoms with Crippen molar-refractivity contribution in [2.75, 3.05) is 24.6 Å². The molecule has 1 atom stereocenters. The number of halogens is 2. The maximum atomic E-state index is 12.5. The summed E-state index contributed by atoms with van der Waals surface area (Å²) in [5, 5.41) is 11.5. The topological polar surface area (TPSA) is 105 Å². The molecule has 0 radical (unpaired) electrons. The standard InChI is InChI=1S/C19H21Cl2N5O4/c1-24-16-15(17(28)23-19(24)29)26(18(22-16)25-6-2-3-7-25)9-12(27)10-30-14-5-4-11(20)8-13(14)21/h4-5,8,12,27H,2-3,6-7,9-10H2,1H3,(H,23,28,29)/t12-/m1/s1. The molecule has 3 heterocycles. The molecular formula is C19H21Cl2N5O4. The minimum Gasteiger partial charge on any atom is -0.489 e. The summed E-state index contributed by atoms with van der Waals surface area (Å²) in [6.07, 6.45) is 1.07. The third-order valence-corrected chi connectivity index (χ3v) is 5.62. The van der Waals surface area contributed by atoms with Gasteiger partial charge >= 0.3 is 5.69 Å². The molecule has 2 N–H and O–H groups in total. The molecule has 1 aliphatic heterocycles. The van der Waals surface area contributed by atoms with Crippen LogP contribution in [0.3, 0.4) is 0 Å². The fourth-order valence-corrected chi connectivity index (χ4v) is 4.06. The van der Waals surface area contributed by atoms with Gasteiger partial charge in [0.15, 0.2) is 11.2 Å². The first kappa shape index (κ1) is 20.8. The molecule has 3 aromatic rings. The van der Waals surface area contributed by atoms with E-state index in [9.17, 15) is 14.7 Å². The predicted octanol–water partition coefficient (Wildman–Crippen LogP) is 1.77. The van der Waals surface area contributed by atoms with Crippen LogP contribution in [0.2, 0.25) is 10.0 Å². The molecule has 1 fully saturated rings. The van der Waals surface area contributed by atoms with Crippen molar-refractivity contribution in [2.45, 2.75) is 25.5 Å². The van der Waals surface area contributed by atoms with Crippen molar-refractivity contribution in [3.8, 4) is 5.75 Å². The minimum absolute atomic E-state index is 0.0515. The number of rotatable bonds is 6. The Morgan fingerprint density at radius 3 is 2.70 bits per heavy atom. The number of benzene rings is 1. The number of H-pyrrole nitrogens is 1. The average molecular weight is 454 g/mol. The SMILES string of the molecule is Cn1c(=O)[nH]c(=O)c2c1nc(N1CCCC1)n2C[C@@H](O)COc1ccc(Cl)cc1Cl. The molecule has 1 aromatic carbocycles. The molecule has 9 nitrogen and oxygen atoms in total. The van der Waals surface area contributed by atoms with E-state index in [-0.39, 0.29) is 24.3 Å². The summed E-state index contributed by atoms with van der Waals surface area (Å²) in [6.45, 7) is 1.60. The number of imidazole rings is 1. The van der Waals surface area contributed by atoms with Crippen LogP contribution in [0, 0.1) is 0 Å². The first-order valence-electron chi connectivity index (χ1n) is 9.55. The van der Waals surface area contributed by atoms with Gasteiger partial charge in [0, 0.05) is 25.2 Å². The van der Waals surface area contributed by atoms with Crippen LogP contribution in [-0.4, -0.2) is 50.0 Å². The predicted molar refractivity (Wildman–Crippen MR) is 115 cm³/mol. The van der Waals surface area contributed by atoms with Crippen molar-refractivity contribution in [1.29, 1.82) is 0 Å². The number of aromatic nitrogens is 4. The fourth-order valence-electron chi connectivity index (χ4n) is 3.60. The molecule has 0 spiro atoms. The van der Waals surface area contributed by atoms with E-state index >= 15 is 0 Å². The van der Waals surface area contributed by atoms with Crippen LogP contribution in [0.4, 0.5) is 5.95 Å². The number of anilines is 1. The summed E-state index contributed by atoms with van der Waals surface area (Å²) in [5.41, 5.74) is -0.562. The van der Waals surface area contributed by atoms with E-state index in [0.29, 0.717) is 21.7 Å². The second-order valence-electron chi connectivity index (χ2n) is 7.25. The number of nitrogens with one attached hydrogen (secondary N) is 1. The van der Waals surface area contributed by atoms with E-state index in [1.165, 1.54) is 4.57 Å². The van der Waals surface area contributed by atoms with Gasteiger partial charge in [-0.05, 0) is 31.0 Å². The zero-order chi connectivity index (χ0) is 21.4. The molecule has 0 bridgehead atoms. The molecule has 160 valence electrons. The number of aliphatic hydroxyl groups is 1. The van der Waals surface area contributed by atoms with Gasteiger partial charge in [0.05, 0.1) is 11.6 Å². The van der Waals surface area contributed by atoms with Crippen LogP contribution in [0.5, 0.6) is 5.75 Å². The molecule has 0 saturated carbocycles. The van der Waals surface area contributed by atoms with Crippen LogP contribution in [0.15, 0.2) is 27.8 Å². The van der Waals surface area contributed by atoms with Crippen molar-refractivity contribution in [2.24, 2.45) is 7.05 Å². The lowest BCUT2D eigenvalue weighted by Crippen LogP contribution is -2.31. The Morgan fingerprint density at radius 2 is 2.00 bits per heavy atom. The van der Waals surface area contributed by atoms with Gasteiger partial charge < -0.3 is 19.3 Å². The number of aryl methyl sites for hydroxylation is 1. The Labute approximate surface area is 181 Å². The number of aromatic amines is 1. The lowest BCUT2D eigenvalue weighted by atomic mass is 10.3. The Bertz CT molecular complexity index is 1200. The zero-order valence-corrected chi connectivity index (χ0v) is 17.8. The molecule has 2 aromatic heterocycles. The van der Waals surface area contributed by atoms with Gasteiger partial charge in [0.1, 0.15) is 18.5 Å². The third kappa shape index (κ3) is 3.92. The number of fused-ring (bicyclic) bond motifs is 1. The smallest absolute Gasteiger partial charge is 0.329 e. The summed E-state index contributed by atoms with van der Waals surface area (Å²) >= 11 is 12.0. The highest BCUT2D eigenvalue weighted by molar-refractivity contribution is 6.35. The van der Waals surface area contributed by atoms with E-state index in [4.69, 9.17) is 27.9 Å². The quantitative estimate of drug-likeness (QED) is 0.588. The zero-order valence-electron chi connectivity index (χ0n) is 16.3. The molecule has 1 aliphatic rings. The fraction of sp³-hybridized carbons (Fsp3) is 0.421. The van der Waals surface area contributed by atoms with Crippen molar-refractivity contribution < 1.29 is 9.84 Å². The number of ether oxygens (including phenoxy) is 1. The Morgan fingerprint density at radius 1 is 1.27 bits per heavy atom. The number of hydrogen-bond acceptors (Lipinski definition) is 6. The van der Waals surface area contributed by atoms with Crippen molar-refractivity contribution in [3.05, 3.63) is 49.1 Å². The van der Waals surface area contributed by atoms with Crippen molar-refractivity contribution in [3.63, 3.8) is 0 Å². The largest absolute Gasteiger partial charge is 0.489 e. The maximum Gasteiger partial charge on any atom is 0.329 e. The molecule has 0 amide bonds. The Hall–Kier alpha value is -2.49. The highest BCUT2D eigenvalue weighted by Crippen LogP contribution is 2.28. The maximum absolute atomic E-state index is 12.5. The highest BCUT2D eigenvalue weighted by atomic mass is 35.5. The van der Waals surface area contributed by atoms with E-state index < -0.39 is 17.4 Å². The van der Waals surface area contributed by atoms with Gasteiger partial charge in [-0.2, -0.15) is 4.98 Å². The first-order chi connectivity index (χ1) is 14.3. The summed E-state index contributed by atoms with van der Waals surface area (Å²) < 4.78 is 8.57. The van der Waals surface area contributed by atoms with E-state index in [0.717, 1.165) is 25.9 Å². The summed E-state index contributed by atoms with van der Waals surface area (Å²) in [6, 6.07) is 4.82. The van der Waals surface area contributed by atoms with E-state index in [2.05, 4.69) is 9.97 Å². The molecule has 0 unspecified atom stereocenters. The van der Waals surface area contributed by atoms with Gasteiger partial charge in [-0.15, -0.1) is 0 Å². The van der Waals surface area contributed by atoms with Crippen LogP contribution in [0.25, 0.3) is 11.2 Å². The summed E-state index contributed by atoms with van der Waals surface area (Å²) in [7, 11) is 1.55. The van der Waals surface area contributed by atoms with Crippen LogP contribution < -0.4 is 20.9 Å². The summed E-state index contributed by atoms with van der Waals surface area (Å²) in [5.74, 6) is 0.952. The van der Waals surface area contributed by atoms with Gasteiger partial charge in [0.25, 0.3) is 5.56 Å². The van der Waals surface area contributed by atoms with Gasteiger partial charge in [-0.1, -0.05) is 23.2 Å². The summed E-state index contributed by atoms with van der Waals surface area (Å²) in [4.78, 5) is 33.4. The number of hydrogen-bond donors (Lipinski definition) is 2. The number of aliphatic hydroxyl groups excluding tert-OH is 1. The molecule has 4 rings (SSSR count). The van der Waals surface area contributed by atoms with Gasteiger partial charge in [0.2, 0.25) is 5.95 Å².